The molecule has 0 fully saturated rings. The summed E-state index contributed by atoms with van der Waals surface area (Å²) in [7, 11) is 3.15. The molecule has 0 saturated carbocycles. The Labute approximate surface area is 254 Å². The second-order valence-electron chi connectivity index (χ2n) is 10.5. The number of aromatic nitrogens is 4. The summed E-state index contributed by atoms with van der Waals surface area (Å²) in [5.41, 5.74) is 4.51. The molecule has 44 heavy (non-hydrogen) atoms. The van der Waals surface area contributed by atoms with Gasteiger partial charge in [0.15, 0.2) is 5.82 Å². The number of aryl methyl sites for hydroxylation is 2. The van der Waals surface area contributed by atoms with Gasteiger partial charge in [0, 0.05) is 41.6 Å². The number of pyridine rings is 2. The minimum atomic E-state index is -1.14. The Hall–Kier alpha value is -5.37. The number of halogens is 2. The van der Waals surface area contributed by atoms with Crippen LogP contribution in [0.3, 0.4) is 0 Å². The lowest BCUT2D eigenvalue weighted by Gasteiger charge is -2.35. The first kappa shape index (κ1) is 28.7. The van der Waals surface area contributed by atoms with Gasteiger partial charge in [0.05, 0.1) is 37.0 Å². The molecule has 8 heteroatoms. The van der Waals surface area contributed by atoms with Crippen LogP contribution < -0.4 is 9.47 Å². The van der Waals surface area contributed by atoms with Crippen LogP contribution in [0.4, 0.5) is 8.78 Å². The van der Waals surface area contributed by atoms with E-state index in [0.717, 1.165) is 28.6 Å². The topological polar surface area (TPSA) is 72.9 Å². The first-order valence-electron chi connectivity index (χ1n) is 14.1. The Balaban J connectivity index is 1.75. The highest BCUT2D eigenvalue weighted by Crippen LogP contribution is 2.46. The second-order valence-corrected chi connectivity index (χ2v) is 10.5. The summed E-state index contributed by atoms with van der Waals surface area (Å²) in [6.07, 6.45) is 0. The Kier molecular flexibility index (Phi) is 7.66. The molecule has 6 rings (SSSR count). The van der Waals surface area contributed by atoms with E-state index in [4.69, 9.17) is 24.4 Å². The average Bonchev–Trinajstić information content (AvgIpc) is 3.39. The largest absolute Gasteiger partial charge is 0.497 e. The zero-order valence-corrected chi connectivity index (χ0v) is 24.7. The van der Waals surface area contributed by atoms with Gasteiger partial charge in [-0.3, -0.25) is 4.98 Å². The van der Waals surface area contributed by atoms with Crippen molar-refractivity contribution in [1.82, 2.24) is 19.9 Å². The molecule has 0 aliphatic carbocycles. The highest BCUT2D eigenvalue weighted by Gasteiger charge is 2.42. The monoisotopic (exact) mass is 588 g/mol. The van der Waals surface area contributed by atoms with E-state index in [1.807, 2.05) is 92.7 Å². The van der Waals surface area contributed by atoms with Crippen LogP contribution in [-0.2, 0) is 5.41 Å². The van der Waals surface area contributed by atoms with Crippen LogP contribution >= 0.6 is 0 Å². The van der Waals surface area contributed by atoms with Gasteiger partial charge < -0.3 is 14.5 Å². The predicted molar refractivity (Wildman–Crippen MR) is 166 cm³/mol. The molecule has 0 atom stereocenters. The number of imidazole rings is 1. The summed E-state index contributed by atoms with van der Waals surface area (Å²) in [5, 5.41) is 0. The Morgan fingerprint density at radius 2 is 1.18 bits per heavy atom. The van der Waals surface area contributed by atoms with Crippen LogP contribution in [-0.4, -0.2) is 34.2 Å². The summed E-state index contributed by atoms with van der Waals surface area (Å²) in [6.45, 7) is 3.90. The van der Waals surface area contributed by atoms with Crippen LogP contribution in [0.15, 0.2) is 103 Å². The van der Waals surface area contributed by atoms with E-state index in [2.05, 4.69) is 4.98 Å². The molecule has 6 aromatic rings. The molecule has 3 heterocycles. The lowest BCUT2D eigenvalue weighted by molar-refractivity contribution is 0.411. The first-order valence-corrected chi connectivity index (χ1v) is 14.1. The van der Waals surface area contributed by atoms with E-state index in [0.29, 0.717) is 34.4 Å². The van der Waals surface area contributed by atoms with Crippen molar-refractivity contribution < 1.29 is 18.3 Å². The summed E-state index contributed by atoms with van der Waals surface area (Å²) >= 11 is 0. The number of aromatic amines is 1. The summed E-state index contributed by atoms with van der Waals surface area (Å²) in [6, 6.07) is 30.3. The van der Waals surface area contributed by atoms with E-state index in [-0.39, 0.29) is 11.3 Å². The number of hydrogen-bond donors (Lipinski definition) is 1. The van der Waals surface area contributed by atoms with Crippen molar-refractivity contribution in [2.45, 2.75) is 19.3 Å². The number of methoxy groups -OCH3 is 2. The van der Waals surface area contributed by atoms with Gasteiger partial charge in [-0.1, -0.05) is 60.7 Å². The molecule has 0 bridgehead atoms. The van der Waals surface area contributed by atoms with Crippen LogP contribution in [0.5, 0.6) is 11.5 Å². The maximum absolute atomic E-state index is 15.2. The van der Waals surface area contributed by atoms with E-state index in [9.17, 15) is 4.39 Å². The smallest absolute Gasteiger partial charge is 0.156 e. The number of H-pyrrole nitrogens is 1. The zero-order chi connectivity index (χ0) is 30.8. The minimum Gasteiger partial charge on any atom is -0.497 e. The van der Waals surface area contributed by atoms with Gasteiger partial charge >= 0.3 is 0 Å². The van der Waals surface area contributed by atoms with Crippen molar-refractivity contribution in [3.05, 3.63) is 149 Å². The number of hydrogen-bond acceptors (Lipinski definition) is 5. The van der Waals surface area contributed by atoms with Crippen molar-refractivity contribution in [2.24, 2.45) is 0 Å². The maximum atomic E-state index is 15.2. The number of nitrogens with zero attached hydrogens (tertiary/aromatic N) is 3. The summed E-state index contributed by atoms with van der Waals surface area (Å²) in [4.78, 5) is 18.3. The number of nitrogens with one attached hydrogen (secondary N) is 1. The van der Waals surface area contributed by atoms with Crippen molar-refractivity contribution in [3.63, 3.8) is 0 Å². The number of ether oxygens (including phenoxy) is 2. The standard InChI is InChI=1S/C36H30F2N4O2/c1-22-23(2)40-35(39-22)32-19-28(44-4)21-34(42-32)36(24-11-7-5-8-12-24,25-13-9-6-10-14-25)33-20-27(43-3)18-31(41-33)29-16-15-26(37)17-30(29)38/h5-21H,1-4H3,(H,39,40). The fourth-order valence-corrected chi connectivity index (χ4v) is 5.52. The van der Waals surface area contributed by atoms with Gasteiger partial charge in [-0.25, -0.2) is 18.7 Å². The lowest BCUT2D eigenvalue weighted by Crippen LogP contribution is -2.33. The van der Waals surface area contributed by atoms with E-state index >= 15 is 4.39 Å². The molecule has 0 aliphatic rings. The van der Waals surface area contributed by atoms with Crippen molar-refractivity contribution in [3.8, 4) is 34.3 Å². The average molecular weight is 589 g/mol. The maximum Gasteiger partial charge on any atom is 0.156 e. The van der Waals surface area contributed by atoms with E-state index in [1.165, 1.54) is 12.1 Å². The van der Waals surface area contributed by atoms with Gasteiger partial charge in [0.1, 0.15) is 34.2 Å². The molecule has 0 amide bonds. The second kappa shape index (κ2) is 11.7. The molecular weight excluding hydrogens is 558 g/mol. The van der Waals surface area contributed by atoms with Gasteiger partial charge in [-0.15, -0.1) is 0 Å². The van der Waals surface area contributed by atoms with Crippen LogP contribution in [0.25, 0.3) is 22.8 Å². The zero-order valence-electron chi connectivity index (χ0n) is 24.7. The lowest BCUT2D eigenvalue weighted by atomic mass is 9.69. The third-order valence-electron chi connectivity index (χ3n) is 7.83. The van der Waals surface area contributed by atoms with Gasteiger partial charge in [0.25, 0.3) is 0 Å². The van der Waals surface area contributed by atoms with Crippen molar-refractivity contribution in [2.75, 3.05) is 14.2 Å². The van der Waals surface area contributed by atoms with Gasteiger partial charge in [-0.2, -0.15) is 0 Å². The molecular formula is C36H30F2N4O2. The Bertz CT molecular complexity index is 1880. The molecule has 0 unspecified atom stereocenters. The highest BCUT2D eigenvalue weighted by atomic mass is 19.1. The van der Waals surface area contributed by atoms with Crippen LogP contribution in [0.1, 0.15) is 33.9 Å². The van der Waals surface area contributed by atoms with Crippen LogP contribution in [0.2, 0.25) is 0 Å². The fraction of sp³-hybridized carbons (Fsp3) is 0.139. The SMILES string of the molecule is COc1cc(-c2nc(C)c(C)[nH]2)nc(C(c2ccccc2)(c2ccccc2)c2cc(OC)cc(-c3ccc(F)cc3F)n2)c1. The molecule has 6 nitrogen and oxygen atoms in total. The summed E-state index contributed by atoms with van der Waals surface area (Å²) < 4.78 is 40.6. The molecule has 3 aromatic heterocycles. The highest BCUT2D eigenvalue weighted by molar-refractivity contribution is 5.66. The molecule has 220 valence electrons. The normalized spacial score (nSPS) is 11.4. The summed E-state index contributed by atoms with van der Waals surface area (Å²) in [5.74, 6) is 0.217. The Morgan fingerprint density at radius 1 is 0.636 bits per heavy atom. The van der Waals surface area contributed by atoms with Crippen molar-refractivity contribution >= 4 is 0 Å². The Morgan fingerprint density at radius 3 is 1.68 bits per heavy atom. The number of benzene rings is 3. The molecule has 1 N–H and O–H groups in total. The van der Waals surface area contributed by atoms with Crippen LogP contribution in [0, 0.1) is 25.5 Å². The number of rotatable bonds is 8. The van der Waals surface area contributed by atoms with Gasteiger partial charge in [-0.05, 0) is 37.1 Å². The van der Waals surface area contributed by atoms with Crippen molar-refractivity contribution in [1.29, 1.82) is 0 Å². The van der Waals surface area contributed by atoms with Gasteiger partial charge in [0.2, 0.25) is 0 Å². The molecule has 0 spiro atoms. The first-order chi connectivity index (χ1) is 21.3. The third kappa shape index (κ3) is 5.08. The quantitative estimate of drug-likeness (QED) is 0.196. The molecule has 0 aliphatic heterocycles. The van der Waals surface area contributed by atoms with E-state index < -0.39 is 17.0 Å². The predicted octanol–water partition coefficient (Wildman–Crippen LogP) is 7.83. The fourth-order valence-electron chi connectivity index (χ4n) is 5.52. The van der Waals surface area contributed by atoms with E-state index in [1.54, 1.807) is 20.3 Å². The third-order valence-corrected chi connectivity index (χ3v) is 7.83. The molecule has 0 radical (unpaired) electrons. The minimum absolute atomic E-state index is 0.141. The molecule has 3 aromatic carbocycles. The molecule has 0 saturated heterocycles.